The Morgan fingerprint density at radius 3 is 2.87 bits per heavy atom. The van der Waals surface area contributed by atoms with Crippen molar-refractivity contribution in [3.63, 3.8) is 0 Å². The highest BCUT2D eigenvalue weighted by Crippen LogP contribution is 2.28. The Balaban J connectivity index is 2.27. The number of hydrogen-bond donors (Lipinski definition) is 1. The van der Waals surface area contributed by atoms with E-state index in [1.165, 1.54) is 0 Å². The summed E-state index contributed by atoms with van der Waals surface area (Å²) in [5.74, 6) is 1.93. The number of hydrogen-bond acceptors (Lipinski definition) is 4. The van der Waals surface area contributed by atoms with Crippen LogP contribution in [0, 0.1) is 12.8 Å². The number of rotatable bonds is 1. The van der Waals surface area contributed by atoms with Crippen LogP contribution in [0.1, 0.15) is 12.7 Å². The van der Waals surface area contributed by atoms with Gasteiger partial charge in [-0.1, -0.05) is 6.92 Å². The number of aliphatic hydroxyl groups excluding tert-OH is 1. The van der Waals surface area contributed by atoms with E-state index in [0.717, 1.165) is 22.7 Å². The summed E-state index contributed by atoms with van der Waals surface area (Å²) < 4.78 is 0.884. The molecule has 1 fully saturated rings. The first-order valence-corrected chi connectivity index (χ1v) is 5.79. The van der Waals surface area contributed by atoms with Crippen molar-refractivity contribution in [2.24, 2.45) is 5.92 Å². The highest BCUT2D eigenvalue weighted by Gasteiger charge is 2.29. The molecule has 1 aliphatic rings. The molecule has 2 unspecified atom stereocenters. The van der Waals surface area contributed by atoms with Crippen LogP contribution in [-0.2, 0) is 0 Å². The van der Waals surface area contributed by atoms with Gasteiger partial charge in [0.05, 0.1) is 10.6 Å². The maximum atomic E-state index is 9.69. The summed E-state index contributed by atoms with van der Waals surface area (Å²) in [6.07, 6.45) is 1.50. The highest BCUT2D eigenvalue weighted by atomic mass is 79.9. The standard InChI is InChI=1S/C10H14BrN3O/c1-6-4-14(5-9(6)15)10-8(11)3-12-7(2)13-10/h3,6,9,15H,4-5H2,1-2H3. The fourth-order valence-electron chi connectivity index (χ4n) is 1.79. The molecule has 82 valence electrons. The van der Waals surface area contributed by atoms with E-state index in [4.69, 9.17) is 0 Å². The van der Waals surface area contributed by atoms with Crippen molar-refractivity contribution < 1.29 is 5.11 Å². The molecule has 0 aliphatic carbocycles. The van der Waals surface area contributed by atoms with Crippen LogP contribution in [0.4, 0.5) is 5.82 Å². The van der Waals surface area contributed by atoms with Crippen molar-refractivity contribution in [2.45, 2.75) is 20.0 Å². The third-order valence-corrected chi connectivity index (χ3v) is 3.28. The second-order valence-electron chi connectivity index (χ2n) is 4.04. The minimum absolute atomic E-state index is 0.257. The number of nitrogens with zero attached hydrogens (tertiary/aromatic N) is 3. The number of aliphatic hydroxyl groups is 1. The van der Waals surface area contributed by atoms with Crippen molar-refractivity contribution >= 4 is 21.7 Å². The molecule has 0 amide bonds. The summed E-state index contributed by atoms with van der Waals surface area (Å²) in [7, 11) is 0. The molecule has 1 N–H and O–H groups in total. The monoisotopic (exact) mass is 271 g/mol. The summed E-state index contributed by atoms with van der Waals surface area (Å²) in [4.78, 5) is 10.6. The first-order valence-electron chi connectivity index (χ1n) is 5.00. The molecule has 1 saturated heterocycles. The first-order chi connectivity index (χ1) is 7.08. The van der Waals surface area contributed by atoms with E-state index in [0.29, 0.717) is 12.5 Å². The lowest BCUT2D eigenvalue weighted by atomic mass is 10.1. The van der Waals surface area contributed by atoms with Gasteiger partial charge in [-0.2, -0.15) is 0 Å². The van der Waals surface area contributed by atoms with Crippen LogP contribution >= 0.6 is 15.9 Å². The molecule has 4 nitrogen and oxygen atoms in total. The van der Waals surface area contributed by atoms with E-state index in [9.17, 15) is 5.11 Å². The molecule has 0 aromatic carbocycles. The Bertz CT molecular complexity index is 362. The zero-order chi connectivity index (χ0) is 11.0. The average Bonchev–Trinajstić information content (AvgIpc) is 2.51. The lowest BCUT2D eigenvalue weighted by Crippen LogP contribution is -2.23. The van der Waals surface area contributed by atoms with Crippen molar-refractivity contribution in [1.82, 2.24) is 9.97 Å². The van der Waals surface area contributed by atoms with Gasteiger partial charge in [0.25, 0.3) is 0 Å². The molecule has 15 heavy (non-hydrogen) atoms. The molecule has 5 heteroatoms. The van der Waals surface area contributed by atoms with Crippen molar-refractivity contribution in [3.8, 4) is 0 Å². The fraction of sp³-hybridized carbons (Fsp3) is 0.600. The van der Waals surface area contributed by atoms with E-state index in [1.54, 1.807) is 6.20 Å². The maximum Gasteiger partial charge on any atom is 0.146 e. The van der Waals surface area contributed by atoms with Gasteiger partial charge in [-0.3, -0.25) is 0 Å². The van der Waals surface area contributed by atoms with Gasteiger partial charge >= 0.3 is 0 Å². The van der Waals surface area contributed by atoms with Gasteiger partial charge < -0.3 is 10.0 Å². The fourth-order valence-corrected chi connectivity index (χ4v) is 2.23. The zero-order valence-electron chi connectivity index (χ0n) is 8.81. The number of halogens is 1. The van der Waals surface area contributed by atoms with Crippen LogP contribution in [-0.4, -0.2) is 34.3 Å². The molecule has 1 aromatic heterocycles. The van der Waals surface area contributed by atoms with E-state index < -0.39 is 0 Å². The van der Waals surface area contributed by atoms with Crippen LogP contribution < -0.4 is 4.90 Å². The summed E-state index contributed by atoms with van der Waals surface area (Å²) in [5, 5.41) is 9.69. The predicted octanol–water partition coefficient (Wildman–Crippen LogP) is 1.36. The first kappa shape index (κ1) is 10.8. The van der Waals surface area contributed by atoms with Gasteiger partial charge in [-0.15, -0.1) is 0 Å². The van der Waals surface area contributed by atoms with Crippen molar-refractivity contribution in [3.05, 3.63) is 16.5 Å². The average molecular weight is 272 g/mol. The van der Waals surface area contributed by atoms with Gasteiger partial charge in [0, 0.05) is 25.2 Å². The highest BCUT2D eigenvalue weighted by molar-refractivity contribution is 9.10. The molecule has 0 bridgehead atoms. The lowest BCUT2D eigenvalue weighted by Gasteiger charge is -2.18. The van der Waals surface area contributed by atoms with Crippen LogP contribution in [0.5, 0.6) is 0 Å². The molecule has 1 aromatic rings. The Labute approximate surface area is 97.5 Å². The van der Waals surface area contributed by atoms with Gasteiger partial charge in [0.1, 0.15) is 11.6 Å². The second kappa shape index (κ2) is 4.06. The van der Waals surface area contributed by atoms with E-state index in [1.807, 2.05) is 13.8 Å². The van der Waals surface area contributed by atoms with Gasteiger partial charge in [0.15, 0.2) is 0 Å². The number of aryl methyl sites for hydroxylation is 1. The minimum Gasteiger partial charge on any atom is -0.391 e. The smallest absolute Gasteiger partial charge is 0.146 e. The van der Waals surface area contributed by atoms with Crippen LogP contribution in [0.25, 0.3) is 0 Å². The molecule has 0 spiro atoms. The Morgan fingerprint density at radius 1 is 1.53 bits per heavy atom. The van der Waals surface area contributed by atoms with E-state index in [-0.39, 0.29) is 6.10 Å². The SMILES string of the molecule is Cc1ncc(Br)c(N2CC(C)C(O)C2)n1. The molecule has 1 aliphatic heterocycles. The summed E-state index contributed by atoms with van der Waals surface area (Å²) in [5.41, 5.74) is 0. The van der Waals surface area contributed by atoms with Crippen LogP contribution in [0.15, 0.2) is 10.7 Å². The van der Waals surface area contributed by atoms with Gasteiger partial charge in [0.2, 0.25) is 0 Å². The summed E-state index contributed by atoms with van der Waals surface area (Å²) in [6.45, 7) is 5.41. The largest absolute Gasteiger partial charge is 0.391 e. The Hall–Kier alpha value is -0.680. The van der Waals surface area contributed by atoms with Crippen molar-refractivity contribution in [2.75, 3.05) is 18.0 Å². The molecular weight excluding hydrogens is 258 g/mol. The quantitative estimate of drug-likeness (QED) is 0.838. The number of anilines is 1. The van der Waals surface area contributed by atoms with Gasteiger partial charge in [-0.05, 0) is 22.9 Å². The van der Waals surface area contributed by atoms with Crippen LogP contribution in [0.2, 0.25) is 0 Å². The van der Waals surface area contributed by atoms with Crippen molar-refractivity contribution in [1.29, 1.82) is 0 Å². The molecule has 2 heterocycles. The van der Waals surface area contributed by atoms with Gasteiger partial charge in [-0.25, -0.2) is 9.97 Å². The molecular formula is C10H14BrN3O. The van der Waals surface area contributed by atoms with Crippen LogP contribution in [0.3, 0.4) is 0 Å². The maximum absolute atomic E-state index is 9.69. The second-order valence-corrected chi connectivity index (χ2v) is 4.89. The third kappa shape index (κ3) is 2.13. The molecule has 0 radical (unpaired) electrons. The van der Waals surface area contributed by atoms with E-state index >= 15 is 0 Å². The summed E-state index contributed by atoms with van der Waals surface area (Å²) in [6, 6.07) is 0. The topological polar surface area (TPSA) is 49.2 Å². The molecule has 0 saturated carbocycles. The lowest BCUT2D eigenvalue weighted by molar-refractivity contribution is 0.157. The van der Waals surface area contributed by atoms with E-state index in [2.05, 4.69) is 30.8 Å². The zero-order valence-corrected chi connectivity index (χ0v) is 10.4. The molecule has 2 rings (SSSR count). The Kier molecular flexibility index (Phi) is 2.93. The number of aromatic nitrogens is 2. The summed E-state index contributed by atoms with van der Waals surface area (Å²) >= 11 is 3.43. The predicted molar refractivity (Wildman–Crippen MR) is 61.9 cm³/mol. The third-order valence-electron chi connectivity index (χ3n) is 2.72. The number of β-amino-alcohol motifs (C(OH)–C–C–N with tert-alkyl or cyclic N) is 1. The minimum atomic E-state index is -0.257. The Morgan fingerprint density at radius 2 is 2.27 bits per heavy atom. The molecule has 2 atom stereocenters. The normalized spacial score (nSPS) is 26.0.